The number of hydrogen-bond acceptors (Lipinski definition) is 7. The number of non-ortho nitro benzene ring substituents is 1. The molecular formula is C28H31N7O5. The molecular weight excluding hydrogens is 514 g/mol. The van der Waals surface area contributed by atoms with Gasteiger partial charge in [0.25, 0.3) is 5.69 Å². The number of rotatable bonds is 6. The van der Waals surface area contributed by atoms with Crippen molar-refractivity contribution in [3.05, 3.63) is 70.0 Å². The largest absolute Gasteiger partial charge is 0.461 e. The Kier molecular flexibility index (Phi) is 12.2. The van der Waals surface area contributed by atoms with Gasteiger partial charge in [-0.25, -0.2) is 4.99 Å². The molecule has 0 unspecified atom stereocenters. The van der Waals surface area contributed by atoms with E-state index in [1.54, 1.807) is 29.3 Å². The van der Waals surface area contributed by atoms with Crippen LogP contribution >= 0.6 is 0 Å². The van der Waals surface area contributed by atoms with Crippen molar-refractivity contribution in [1.82, 2.24) is 15.5 Å². The van der Waals surface area contributed by atoms with Crippen molar-refractivity contribution in [1.29, 1.82) is 5.26 Å². The zero-order valence-corrected chi connectivity index (χ0v) is 22.1. The molecule has 0 atom stereocenters. The van der Waals surface area contributed by atoms with E-state index in [1.165, 1.54) is 12.1 Å². The summed E-state index contributed by atoms with van der Waals surface area (Å²) in [6, 6.07) is 13.5. The van der Waals surface area contributed by atoms with Crippen LogP contribution in [-0.4, -0.2) is 40.7 Å². The van der Waals surface area contributed by atoms with Crippen LogP contribution < -0.4 is 16.4 Å². The molecule has 12 heteroatoms. The topological polar surface area (TPSA) is 180 Å². The summed E-state index contributed by atoms with van der Waals surface area (Å²) in [4.78, 5) is 39.6. The number of nitro benzene ring substituents is 1. The monoisotopic (exact) mass is 545 g/mol. The normalized spacial score (nSPS) is 13.0. The molecule has 1 aliphatic rings. The third-order valence-electron chi connectivity index (χ3n) is 5.67. The molecule has 4 N–H and O–H groups in total. The lowest BCUT2D eigenvalue weighted by molar-refractivity contribution is -0.384. The quantitative estimate of drug-likeness (QED) is 0.0799. The molecule has 2 aromatic carbocycles. The number of aryl methyl sites for hydroxylation is 1. The van der Waals surface area contributed by atoms with Crippen molar-refractivity contribution in [3.8, 4) is 19.0 Å². The molecule has 2 heterocycles. The number of nitrogens with two attached hydrogens (primary N) is 1. The Balaban J connectivity index is 0.000000275. The predicted molar refractivity (Wildman–Crippen MR) is 151 cm³/mol. The minimum absolute atomic E-state index is 0.00514. The summed E-state index contributed by atoms with van der Waals surface area (Å²) in [6.45, 7) is 2.76. The van der Waals surface area contributed by atoms with Crippen LogP contribution in [0.15, 0.2) is 57.9 Å². The first-order valence-corrected chi connectivity index (χ1v) is 12.4. The molecule has 3 aromatic rings. The Bertz CT molecular complexity index is 1420. The molecule has 208 valence electrons. The summed E-state index contributed by atoms with van der Waals surface area (Å²) in [7, 11) is 0. The third-order valence-corrected chi connectivity index (χ3v) is 5.67. The number of terminal acetylenes is 1. The third kappa shape index (κ3) is 9.84. The van der Waals surface area contributed by atoms with Gasteiger partial charge in [0, 0.05) is 37.0 Å². The van der Waals surface area contributed by atoms with E-state index in [2.05, 4.69) is 28.5 Å². The van der Waals surface area contributed by atoms with Crippen molar-refractivity contribution in [2.75, 3.05) is 13.1 Å². The minimum atomic E-state index is -0.471. The van der Waals surface area contributed by atoms with E-state index in [0.29, 0.717) is 24.2 Å². The lowest BCUT2D eigenvalue weighted by Gasteiger charge is -2.19. The number of fused-ring (bicyclic) bond motifs is 1. The number of furan rings is 1. The average Bonchev–Trinajstić information content (AvgIpc) is 3.19. The molecule has 0 aliphatic carbocycles. The van der Waals surface area contributed by atoms with Crippen LogP contribution in [0.25, 0.3) is 11.0 Å². The highest BCUT2D eigenvalue weighted by molar-refractivity contribution is 5.86. The highest BCUT2D eigenvalue weighted by atomic mass is 16.6. The van der Waals surface area contributed by atoms with Crippen LogP contribution in [0.1, 0.15) is 37.0 Å². The van der Waals surface area contributed by atoms with Crippen LogP contribution in [0.5, 0.6) is 0 Å². The van der Waals surface area contributed by atoms with Gasteiger partial charge in [-0.15, -0.1) is 12.8 Å². The van der Waals surface area contributed by atoms with Gasteiger partial charge in [-0.3, -0.25) is 25.0 Å². The second-order valence-corrected chi connectivity index (χ2v) is 8.64. The summed E-state index contributed by atoms with van der Waals surface area (Å²) < 4.78 is 5.43. The summed E-state index contributed by atoms with van der Waals surface area (Å²) in [5.41, 5.74) is 7.59. The van der Waals surface area contributed by atoms with E-state index in [4.69, 9.17) is 15.4 Å². The molecule has 2 amide bonds. The summed E-state index contributed by atoms with van der Waals surface area (Å²) >= 11 is 0. The fourth-order valence-electron chi connectivity index (χ4n) is 3.87. The van der Waals surface area contributed by atoms with Crippen LogP contribution in [0.4, 0.5) is 11.4 Å². The van der Waals surface area contributed by atoms with E-state index in [9.17, 15) is 19.7 Å². The van der Waals surface area contributed by atoms with E-state index in [0.717, 1.165) is 36.0 Å². The number of likely N-dealkylation sites (tertiary alicyclic amines) is 1. The number of nitriles is 1. The number of benzene rings is 2. The first kappa shape index (κ1) is 30.9. The second-order valence-electron chi connectivity index (χ2n) is 8.64. The molecule has 1 aliphatic heterocycles. The Morgan fingerprint density at radius 1 is 1.23 bits per heavy atom. The Labute approximate surface area is 232 Å². The number of aliphatic imine (C=N–C) groups is 1. The van der Waals surface area contributed by atoms with Crippen LogP contribution in [0.3, 0.4) is 0 Å². The van der Waals surface area contributed by atoms with Gasteiger partial charge in [-0.1, -0.05) is 18.6 Å². The number of carbonyl (C=O) groups is 2. The van der Waals surface area contributed by atoms with Crippen molar-refractivity contribution in [3.63, 3.8) is 0 Å². The SMILES string of the molecule is C#C.Cc1cc2cc(N=C(N)NC#N)ccc2o1.O=C(CN1CCCCCC1=O)NCc1cccc([N+](=O)[O-])c1. The number of carbonyl (C=O) groups excluding carboxylic acids is 2. The molecule has 0 radical (unpaired) electrons. The minimum Gasteiger partial charge on any atom is -0.461 e. The van der Waals surface area contributed by atoms with Crippen LogP contribution in [0, 0.1) is 41.3 Å². The summed E-state index contributed by atoms with van der Waals surface area (Å²) in [5.74, 6) is 0.686. The van der Waals surface area contributed by atoms with E-state index in [1.807, 2.05) is 25.1 Å². The maximum absolute atomic E-state index is 11.9. The average molecular weight is 546 g/mol. The first-order valence-electron chi connectivity index (χ1n) is 12.4. The molecule has 0 spiro atoms. The highest BCUT2D eigenvalue weighted by Gasteiger charge is 2.19. The predicted octanol–water partition coefficient (Wildman–Crippen LogP) is 3.62. The summed E-state index contributed by atoms with van der Waals surface area (Å²) in [5, 5.41) is 25.0. The number of nitro groups is 1. The van der Waals surface area contributed by atoms with Gasteiger partial charge >= 0.3 is 0 Å². The zero-order valence-electron chi connectivity index (χ0n) is 22.1. The van der Waals surface area contributed by atoms with Gasteiger partial charge in [-0.2, -0.15) is 5.26 Å². The number of amides is 2. The van der Waals surface area contributed by atoms with Crippen LogP contribution in [-0.2, 0) is 16.1 Å². The number of nitrogens with zero attached hydrogens (tertiary/aromatic N) is 4. The number of hydrogen-bond donors (Lipinski definition) is 3. The summed E-state index contributed by atoms with van der Waals surface area (Å²) in [6.07, 6.45) is 13.0. The zero-order chi connectivity index (χ0) is 29.5. The van der Waals surface area contributed by atoms with Crippen molar-refractivity contribution < 1.29 is 18.9 Å². The molecule has 1 fully saturated rings. The fourth-order valence-corrected chi connectivity index (χ4v) is 3.87. The van der Waals surface area contributed by atoms with Gasteiger partial charge in [0.05, 0.1) is 17.2 Å². The van der Waals surface area contributed by atoms with E-state index >= 15 is 0 Å². The van der Waals surface area contributed by atoms with Crippen molar-refractivity contribution in [2.45, 2.75) is 39.2 Å². The maximum Gasteiger partial charge on any atom is 0.269 e. The molecule has 0 bridgehead atoms. The number of nitrogens with one attached hydrogen (secondary N) is 2. The molecule has 12 nitrogen and oxygen atoms in total. The standard InChI is InChI=1S/C15H19N3O4.C11H10N4O.C2H2/c19-14(11-17-8-3-1-2-7-15(17)20)16-10-12-5-4-6-13(9-12)18(21)22;1-7-4-8-5-9(2-3-10(8)16-7)15-11(13)14-6-12;1-2/h4-6,9H,1-3,7-8,10-11H2,(H,16,19);2-5H,1H3,(H3,13,14,15);1-2H. The smallest absolute Gasteiger partial charge is 0.269 e. The van der Waals surface area contributed by atoms with Gasteiger partial charge in [-0.05, 0) is 49.6 Å². The second kappa shape index (κ2) is 15.8. The van der Waals surface area contributed by atoms with Gasteiger partial charge in [0.1, 0.15) is 11.3 Å². The molecule has 0 saturated carbocycles. The lowest BCUT2D eigenvalue weighted by Crippen LogP contribution is -2.40. The fraction of sp³-hybridized carbons (Fsp3) is 0.286. The van der Waals surface area contributed by atoms with E-state index < -0.39 is 4.92 Å². The molecule has 4 rings (SSSR count). The Hall–Kier alpha value is -5.36. The van der Waals surface area contributed by atoms with E-state index in [-0.39, 0.29) is 36.6 Å². The molecule has 1 aromatic heterocycles. The van der Waals surface area contributed by atoms with Crippen molar-refractivity contribution >= 4 is 40.1 Å². The number of guanidine groups is 1. The Morgan fingerprint density at radius 2 is 2.00 bits per heavy atom. The molecule has 1 saturated heterocycles. The highest BCUT2D eigenvalue weighted by Crippen LogP contribution is 2.24. The van der Waals surface area contributed by atoms with Gasteiger partial charge < -0.3 is 20.4 Å². The lowest BCUT2D eigenvalue weighted by atomic mass is 10.2. The van der Waals surface area contributed by atoms with Gasteiger partial charge in [0.2, 0.25) is 17.8 Å². The van der Waals surface area contributed by atoms with Gasteiger partial charge in [0.15, 0.2) is 6.19 Å². The molecule has 40 heavy (non-hydrogen) atoms. The maximum atomic E-state index is 11.9. The first-order chi connectivity index (χ1) is 19.2. The Morgan fingerprint density at radius 3 is 2.73 bits per heavy atom. The van der Waals surface area contributed by atoms with Crippen molar-refractivity contribution in [2.24, 2.45) is 10.7 Å². The van der Waals surface area contributed by atoms with Crippen LogP contribution in [0.2, 0.25) is 0 Å².